The summed E-state index contributed by atoms with van der Waals surface area (Å²) in [6.45, 7) is 3.77. The molecule has 2 heteroatoms. The van der Waals surface area contributed by atoms with E-state index >= 15 is 0 Å². The zero-order valence-corrected chi connectivity index (χ0v) is 11.3. The molecule has 0 spiro atoms. The summed E-state index contributed by atoms with van der Waals surface area (Å²) in [4.78, 5) is 0. The highest BCUT2D eigenvalue weighted by Gasteiger charge is 2.14. The van der Waals surface area contributed by atoms with E-state index in [1.807, 2.05) is 42.7 Å². The zero-order valence-electron chi connectivity index (χ0n) is 11.3. The number of furan rings is 1. The second kappa shape index (κ2) is 5.35. The van der Waals surface area contributed by atoms with E-state index in [1.165, 1.54) is 0 Å². The molecule has 0 bridgehead atoms. The fraction of sp³-hybridized carbons (Fsp3) is 0.111. The van der Waals surface area contributed by atoms with Crippen LogP contribution in [0.3, 0.4) is 0 Å². The fourth-order valence-corrected chi connectivity index (χ4v) is 2.56. The summed E-state index contributed by atoms with van der Waals surface area (Å²) in [6, 6.07) is 16.2. The third-order valence-electron chi connectivity index (χ3n) is 3.55. The first-order valence-electron chi connectivity index (χ1n) is 6.73. The zero-order chi connectivity index (χ0) is 13.9. The van der Waals surface area contributed by atoms with Gasteiger partial charge in [0.25, 0.3) is 0 Å². The molecule has 0 saturated carbocycles. The van der Waals surface area contributed by atoms with Gasteiger partial charge in [-0.1, -0.05) is 48.5 Å². The van der Waals surface area contributed by atoms with E-state index in [2.05, 4.69) is 24.8 Å². The first kappa shape index (κ1) is 12.7. The molecule has 100 valence electrons. The highest BCUT2D eigenvalue weighted by Crippen LogP contribution is 2.35. The summed E-state index contributed by atoms with van der Waals surface area (Å²) in [5.41, 5.74) is 10.5. The van der Waals surface area contributed by atoms with Crippen molar-refractivity contribution in [3.05, 3.63) is 73.0 Å². The minimum Gasteiger partial charge on any atom is -0.464 e. The molecule has 0 aliphatic rings. The van der Waals surface area contributed by atoms with Gasteiger partial charge in [0.15, 0.2) is 0 Å². The van der Waals surface area contributed by atoms with Crippen molar-refractivity contribution in [3.63, 3.8) is 0 Å². The average Bonchev–Trinajstić information content (AvgIpc) is 2.91. The molecular weight excluding hydrogens is 246 g/mol. The van der Waals surface area contributed by atoms with Crippen molar-refractivity contribution in [1.82, 2.24) is 0 Å². The molecule has 0 radical (unpaired) electrons. The number of rotatable bonds is 4. The van der Waals surface area contributed by atoms with E-state index in [-0.39, 0.29) is 6.04 Å². The van der Waals surface area contributed by atoms with Crippen LogP contribution in [0.25, 0.3) is 22.1 Å². The van der Waals surface area contributed by atoms with Crippen molar-refractivity contribution in [2.75, 3.05) is 0 Å². The molecule has 1 heterocycles. The normalized spacial score (nSPS) is 12.4. The first-order chi connectivity index (χ1) is 9.81. The van der Waals surface area contributed by atoms with Crippen LogP contribution in [0.5, 0.6) is 0 Å². The summed E-state index contributed by atoms with van der Waals surface area (Å²) >= 11 is 0. The van der Waals surface area contributed by atoms with Crippen molar-refractivity contribution in [1.29, 1.82) is 0 Å². The van der Waals surface area contributed by atoms with Crippen LogP contribution < -0.4 is 5.73 Å². The highest BCUT2D eigenvalue weighted by molar-refractivity contribution is 5.94. The molecule has 1 atom stereocenters. The average molecular weight is 263 g/mol. The van der Waals surface area contributed by atoms with Gasteiger partial charge in [0.1, 0.15) is 5.58 Å². The minimum absolute atomic E-state index is 0.0441. The highest BCUT2D eigenvalue weighted by atomic mass is 16.3. The lowest BCUT2D eigenvalue weighted by molar-refractivity contribution is 0.617. The van der Waals surface area contributed by atoms with Crippen LogP contribution in [-0.4, -0.2) is 0 Å². The number of fused-ring (bicyclic) bond motifs is 1. The van der Waals surface area contributed by atoms with Crippen molar-refractivity contribution in [2.24, 2.45) is 5.73 Å². The maximum Gasteiger partial charge on any atom is 0.134 e. The smallest absolute Gasteiger partial charge is 0.134 e. The lowest BCUT2D eigenvalue weighted by atomic mass is 9.93. The van der Waals surface area contributed by atoms with Crippen LogP contribution in [0.15, 0.2) is 71.9 Å². The Morgan fingerprint density at radius 2 is 1.80 bits per heavy atom. The maximum atomic E-state index is 6.25. The Morgan fingerprint density at radius 1 is 1.05 bits per heavy atom. The summed E-state index contributed by atoms with van der Waals surface area (Å²) in [5.74, 6) is 0. The summed E-state index contributed by atoms with van der Waals surface area (Å²) in [6.07, 6.45) is 4.42. The van der Waals surface area contributed by atoms with E-state index < -0.39 is 0 Å². The summed E-state index contributed by atoms with van der Waals surface area (Å²) < 4.78 is 5.64. The predicted molar refractivity (Wildman–Crippen MR) is 83.4 cm³/mol. The van der Waals surface area contributed by atoms with Gasteiger partial charge < -0.3 is 10.2 Å². The second-order valence-corrected chi connectivity index (χ2v) is 4.86. The van der Waals surface area contributed by atoms with Gasteiger partial charge in [-0.3, -0.25) is 0 Å². The Bertz CT molecular complexity index is 742. The molecule has 2 N–H and O–H groups in total. The maximum absolute atomic E-state index is 6.25. The van der Waals surface area contributed by atoms with Crippen molar-refractivity contribution in [3.8, 4) is 11.1 Å². The van der Waals surface area contributed by atoms with E-state index in [0.29, 0.717) is 0 Å². The SMILES string of the molecule is C=CCC(N)c1ccccc1-c1coc2ccccc12. The van der Waals surface area contributed by atoms with Crippen molar-refractivity contribution in [2.45, 2.75) is 12.5 Å². The second-order valence-electron chi connectivity index (χ2n) is 4.86. The summed E-state index contributed by atoms with van der Waals surface area (Å²) in [7, 11) is 0. The van der Waals surface area contributed by atoms with Crippen LogP contribution in [0.4, 0.5) is 0 Å². The topological polar surface area (TPSA) is 39.2 Å². The molecule has 0 amide bonds. The quantitative estimate of drug-likeness (QED) is 0.694. The van der Waals surface area contributed by atoms with Crippen LogP contribution in [0, 0.1) is 0 Å². The number of hydrogen-bond donors (Lipinski definition) is 1. The van der Waals surface area contributed by atoms with Crippen LogP contribution in [0.1, 0.15) is 18.0 Å². The molecular formula is C18H17NO. The summed E-state index contributed by atoms with van der Waals surface area (Å²) in [5, 5.41) is 1.12. The molecule has 0 saturated heterocycles. The van der Waals surface area contributed by atoms with E-state index in [1.54, 1.807) is 0 Å². The molecule has 20 heavy (non-hydrogen) atoms. The Labute approximate surface area is 118 Å². The molecule has 2 aromatic carbocycles. The Balaban J connectivity index is 2.17. The van der Waals surface area contributed by atoms with Gasteiger partial charge in [0, 0.05) is 17.0 Å². The van der Waals surface area contributed by atoms with Gasteiger partial charge >= 0.3 is 0 Å². The number of hydrogen-bond acceptors (Lipinski definition) is 2. The van der Waals surface area contributed by atoms with Gasteiger partial charge in [-0.25, -0.2) is 0 Å². The molecule has 0 fully saturated rings. The van der Waals surface area contributed by atoms with Crippen LogP contribution >= 0.6 is 0 Å². The fourth-order valence-electron chi connectivity index (χ4n) is 2.56. The molecule has 1 aromatic heterocycles. The minimum atomic E-state index is -0.0441. The standard InChI is InChI=1S/C18H17NO/c1-2-7-17(19)14-9-4-3-8-13(14)16-12-20-18-11-6-5-10-15(16)18/h2-6,8-12,17H,1,7,19H2. The number of para-hydroxylation sites is 1. The van der Waals surface area contributed by atoms with Gasteiger partial charge in [-0.15, -0.1) is 6.58 Å². The van der Waals surface area contributed by atoms with Crippen molar-refractivity contribution >= 4 is 11.0 Å². The van der Waals surface area contributed by atoms with E-state index in [4.69, 9.17) is 10.2 Å². The third-order valence-corrected chi connectivity index (χ3v) is 3.55. The lowest BCUT2D eigenvalue weighted by Crippen LogP contribution is -2.10. The Kier molecular flexibility index (Phi) is 3.40. The van der Waals surface area contributed by atoms with E-state index in [0.717, 1.165) is 34.1 Å². The molecule has 1 unspecified atom stereocenters. The van der Waals surface area contributed by atoms with Crippen LogP contribution in [0.2, 0.25) is 0 Å². The lowest BCUT2D eigenvalue weighted by Gasteiger charge is -2.14. The van der Waals surface area contributed by atoms with Gasteiger partial charge in [0.2, 0.25) is 0 Å². The van der Waals surface area contributed by atoms with Gasteiger partial charge in [-0.05, 0) is 23.6 Å². The molecule has 3 aromatic rings. The number of nitrogens with two attached hydrogens (primary N) is 1. The largest absolute Gasteiger partial charge is 0.464 e. The first-order valence-corrected chi connectivity index (χ1v) is 6.73. The molecule has 0 aliphatic heterocycles. The third kappa shape index (κ3) is 2.15. The predicted octanol–water partition coefficient (Wildman–Crippen LogP) is 4.68. The number of benzene rings is 2. The molecule has 0 aliphatic carbocycles. The Hall–Kier alpha value is -2.32. The van der Waals surface area contributed by atoms with Crippen molar-refractivity contribution < 1.29 is 4.42 Å². The molecule has 3 rings (SSSR count). The van der Waals surface area contributed by atoms with Gasteiger partial charge in [-0.2, -0.15) is 0 Å². The van der Waals surface area contributed by atoms with Crippen LogP contribution in [-0.2, 0) is 0 Å². The van der Waals surface area contributed by atoms with Gasteiger partial charge in [0.05, 0.1) is 6.26 Å². The monoisotopic (exact) mass is 263 g/mol. The van der Waals surface area contributed by atoms with E-state index in [9.17, 15) is 0 Å². The molecule has 2 nitrogen and oxygen atoms in total. The Morgan fingerprint density at radius 3 is 2.65 bits per heavy atom.